The zero-order valence-electron chi connectivity index (χ0n) is 17.4. The molecule has 2 aromatic rings. The van der Waals surface area contributed by atoms with E-state index in [1.54, 1.807) is 4.90 Å². The molecule has 2 N–H and O–H groups in total. The van der Waals surface area contributed by atoms with Crippen LogP contribution in [0.1, 0.15) is 36.7 Å². The summed E-state index contributed by atoms with van der Waals surface area (Å²) in [6.07, 6.45) is 0. The van der Waals surface area contributed by atoms with Crippen LogP contribution in [0.3, 0.4) is 0 Å². The predicted molar refractivity (Wildman–Crippen MR) is 111 cm³/mol. The van der Waals surface area contributed by atoms with Crippen molar-refractivity contribution < 1.29 is 27.5 Å². The Morgan fingerprint density at radius 2 is 1.70 bits per heavy atom. The maximum atomic E-state index is 12.8. The number of nitrogens with zero attached hydrogens (tertiary/aromatic N) is 1. The van der Waals surface area contributed by atoms with Crippen LogP contribution in [0.15, 0.2) is 53.4 Å². The van der Waals surface area contributed by atoms with E-state index in [1.807, 2.05) is 51.1 Å². The zero-order chi connectivity index (χ0) is 22.5. The van der Waals surface area contributed by atoms with E-state index >= 15 is 0 Å². The summed E-state index contributed by atoms with van der Waals surface area (Å²) in [5, 5.41) is 5.12. The van der Waals surface area contributed by atoms with Gasteiger partial charge in [0.2, 0.25) is 10.0 Å². The van der Waals surface area contributed by atoms with Crippen molar-refractivity contribution >= 4 is 21.9 Å². The van der Waals surface area contributed by atoms with Crippen molar-refractivity contribution in [3.05, 3.63) is 59.7 Å². The number of rotatable bonds is 7. The second-order valence-corrected chi connectivity index (χ2v) is 9.18. The first-order chi connectivity index (χ1) is 13.9. The molecule has 0 aliphatic carbocycles. The maximum Gasteiger partial charge on any atom is 0.342 e. The smallest absolute Gasteiger partial charge is 0.342 e. The lowest BCUT2D eigenvalue weighted by molar-refractivity contribution is -0.140. The molecule has 0 atom stereocenters. The predicted octanol–water partition coefficient (Wildman–Crippen LogP) is 2.33. The number of sulfonamides is 1. The summed E-state index contributed by atoms with van der Waals surface area (Å²) in [6, 6.07) is 13.0. The monoisotopic (exact) mass is 434 g/mol. The second-order valence-electron chi connectivity index (χ2n) is 7.62. The van der Waals surface area contributed by atoms with Gasteiger partial charge in [0.15, 0.2) is 6.61 Å². The number of primary sulfonamides is 1. The number of carbonyl (C=O) groups excluding carboxylic acids is 2. The van der Waals surface area contributed by atoms with Crippen LogP contribution in [-0.2, 0) is 26.1 Å². The summed E-state index contributed by atoms with van der Waals surface area (Å²) in [5.41, 5.74) is 0.293. The van der Waals surface area contributed by atoms with Gasteiger partial charge in [-0.25, -0.2) is 18.4 Å². The van der Waals surface area contributed by atoms with Crippen LogP contribution in [0, 0.1) is 0 Å². The van der Waals surface area contributed by atoms with Crippen LogP contribution in [0.25, 0.3) is 0 Å². The van der Waals surface area contributed by atoms with Gasteiger partial charge in [-0.05, 0) is 44.5 Å². The zero-order valence-corrected chi connectivity index (χ0v) is 18.2. The fourth-order valence-corrected chi connectivity index (χ4v) is 3.31. The van der Waals surface area contributed by atoms with Gasteiger partial charge >= 0.3 is 5.97 Å². The van der Waals surface area contributed by atoms with Gasteiger partial charge in [0.05, 0.1) is 12.0 Å². The van der Waals surface area contributed by atoms with Crippen LogP contribution in [0.5, 0.6) is 5.75 Å². The van der Waals surface area contributed by atoms with Gasteiger partial charge in [0.25, 0.3) is 5.91 Å². The van der Waals surface area contributed by atoms with E-state index in [9.17, 15) is 18.0 Å². The standard InChI is InChI=1S/C21H26N2O6S/c1-21(2,3)23(13-15-8-6-5-7-9-15)19(24)14-29-20(25)17-12-16(30(22,26)27)10-11-18(17)28-4/h5-12H,13-14H2,1-4H3,(H2,22,26,27). The molecule has 0 heterocycles. The minimum Gasteiger partial charge on any atom is -0.496 e. The van der Waals surface area contributed by atoms with E-state index in [1.165, 1.54) is 19.2 Å². The summed E-state index contributed by atoms with van der Waals surface area (Å²) in [7, 11) is -2.69. The molecule has 0 unspecified atom stereocenters. The van der Waals surface area contributed by atoms with Crippen molar-refractivity contribution in [2.24, 2.45) is 5.14 Å². The quantitative estimate of drug-likeness (QED) is 0.669. The van der Waals surface area contributed by atoms with Gasteiger partial charge in [-0.15, -0.1) is 0 Å². The summed E-state index contributed by atoms with van der Waals surface area (Å²) < 4.78 is 33.4. The van der Waals surface area contributed by atoms with Crippen LogP contribution in [0.4, 0.5) is 0 Å². The van der Waals surface area contributed by atoms with Crippen molar-refractivity contribution in [2.75, 3.05) is 13.7 Å². The summed E-state index contributed by atoms with van der Waals surface area (Å²) in [6.45, 7) is 5.49. The third kappa shape index (κ3) is 6.04. The Morgan fingerprint density at radius 3 is 2.23 bits per heavy atom. The molecule has 2 aromatic carbocycles. The van der Waals surface area contributed by atoms with Crippen LogP contribution in [-0.4, -0.2) is 44.4 Å². The van der Waals surface area contributed by atoms with Crippen LogP contribution in [0.2, 0.25) is 0 Å². The second kappa shape index (κ2) is 9.27. The molecule has 9 heteroatoms. The van der Waals surface area contributed by atoms with Crippen molar-refractivity contribution in [3.8, 4) is 5.75 Å². The van der Waals surface area contributed by atoms with E-state index < -0.39 is 28.1 Å². The summed E-state index contributed by atoms with van der Waals surface area (Å²) in [4.78, 5) is 26.7. The molecule has 0 aromatic heterocycles. The molecule has 1 amide bonds. The summed E-state index contributed by atoms with van der Waals surface area (Å²) >= 11 is 0. The number of esters is 1. The fourth-order valence-electron chi connectivity index (χ4n) is 2.77. The van der Waals surface area contributed by atoms with Crippen molar-refractivity contribution in [2.45, 2.75) is 37.8 Å². The highest BCUT2D eigenvalue weighted by atomic mass is 32.2. The van der Waals surface area contributed by atoms with Crippen LogP contribution >= 0.6 is 0 Å². The van der Waals surface area contributed by atoms with E-state index in [4.69, 9.17) is 14.6 Å². The molecule has 162 valence electrons. The van der Waals surface area contributed by atoms with Gasteiger partial charge in [-0.1, -0.05) is 30.3 Å². The highest BCUT2D eigenvalue weighted by Crippen LogP contribution is 2.23. The Hall–Kier alpha value is -2.91. The molecule has 0 saturated carbocycles. The molecule has 30 heavy (non-hydrogen) atoms. The van der Waals surface area contributed by atoms with E-state index in [-0.39, 0.29) is 22.1 Å². The highest BCUT2D eigenvalue weighted by Gasteiger charge is 2.28. The maximum absolute atomic E-state index is 12.8. The number of amides is 1. The molecule has 0 aliphatic rings. The Kier molecular flexibility index (Phi) is 7.22. The molecule has 2 rings (SSSR count). The molecule has 8 nitrogen and oxygen atoms in total. The SMILES string of the molecule is COc1ccc(S(N)(=O)=O)cc1C(=O)OCC(=O)N(Cc1ccccc1)C(C)(C)C. The van der Waals surface area contributed by atoms with Gasteiger partial charge < -0.3 is 14.4 Å². The summed E-state index contributed by atoms with van der Waals surface area (Å²) in [5.74, 6) is -1.17. The molecule has 0 aliphatic heterocycles. The largest absolute Gasteiger partial charge is 0.496 e. The Bertz CT molecular complexity index is 1010. The number of hydrogen-bond acceptors (Lipinski definition) is 6. The number of methoxy groups -OCH3 is 1. The van der Waals surface area contributed by atoms with E-state index in [0.29, 0.717) is 6.54 Å². The molecule has 0 spiro atoms. The van der Waals surface area contributed by atoms with Gasteiger partial charge in [0.1, 0.15) is 11.3 Å². The number of ether oxygens (including phenoxy) is 2. The van der Waals surface area contributed by atoms with Gasteiger partial charge in [-0.2, -0.15) is 0 Å². The fraction of sp³-hybridized carbons (Fsp3) is 0.333. The van der Waals surface area contributed by atoms with E-state index in [2.05, 4.69) is 0 Å². The molecular formula is C21H26N2O6S. The third-order valence-corrected chi connectivity index (χ3v) is 5.25. The Labute approximate surface area is 176 Å². The minimum absolute atomic E-state index is 0.108. The minimum atomic E-state index is -4.02. The average Bonchev–Trinajstić information content (AvgIpc) is 2.68. The van der Waals surface area contributed by atoms with Gasteiger partial charge in [-0.3, -0.25) is 4.79 Å². The van der Waals surface area contributed by atoms with Crippen molar-refractivity contribution in [1.82, 2.24) is 4.90 Å². The lowest BCUT2D eigenvalue weighted by Gasteiger charge is -2.35. The molecule has 0 fully saturated rings. The average molecular weight is 435 g/mol. The lowest BCUT2D eigenvalue weighted by Crippen LogP contribution is -2.46. The third-order valence-electron chi connectivity index (χ3n) is 4.34. The molecular weight excluding hydrogens is 408 g/mol. The number of benzene rings is 2. The van der Waals surface area contributed by atoms with Crippen LogP contribution < -0.4 is 9.88 Å². The van der Waals surface area contributed by atoms with Crippen molar-refractivity contribution in [1.29, 1.82) is 0 Å². The first kappa shape index (κ1) is 23.4. The first-order valence-corrected chi connectivity index (χ1v) is 10.7. The Morgan fingerprint density at radius 1 is 1.07 bits per heavy atom. The van der Waals surface area contributed by atoms with Gasteiger partial charge in [0, 0.05) is 12.1 Å². The van der Waals surface area contributed by atoms with E-state index in [0.717, 1.165) is 11.6 Å². The Balaban J connectivity index is 2.18. The number of carbonyl (C=O) groups is 2. The topological polar surface area (TPSA) is 116 Å². The number of hydrogen-bond donors (Lipinski definition) is 1. The first-order valence-electron chi connectivity index (χ1n) is 9.16. The molecule has 0 saturated heterocycles. The lowest BCUT2D eigenvalue weighted by atomic mass is 10.0. The van der Waals surface area contributed by atoms with Crippen molar-refractivity contribution in [3.63, 3.8) is 0 Å². The normalized spacial score (nSPS) is 11.6. The molecule has 0 radical (unpaired) electrons. The molecule has 0 bridgehead atoms. The highest BCUT2D eigenvalue weighted by molar-refractivity contribution is 7.89. The number of nitrogens with two attached hydrogens (primary N) is 1.